The monoisotopic (exact) mass is 396 g/mol. The summed E-state index contributed by atoms with van der Waals surface area (Å²) in [5.41, 5.74) is 1.07. The highest BCUT2D eigenvalue weighted by Crippen LogP contribution is 2.28. The molecule has 2 aliphatic heterocycles. The summed E-state index contributed by atoms with van der Waals surface area (Å²) >= 11 is 0. The lowest BCUT2D eigenvalue weighted by Crippen LogP contribution is -2.42. The van der Waals surface area contributed by atoms with Crippen molar-refractivity contribution < 1.29 is 14.4 Å². The van der Waals surface area contributed by atoms with Crippen LogP contribution in [-0.4, -0.2) is 53.7 Å². The Kier molecular flexibility index (Phi) is 6.86. The van der Waals surface area contributed by atoms with E-state index in [1.165, 1.54) is 0 Å². The molecular formula is C22H28N4O3. The Labute approximate surface area is 171 Å². The van der Waals surface area contributed by atoms with Gasteiger partial charge in [-0.25, -0.2) is 0 Å². The number of likely N-dealkylation sites (tertiary alicyclic amines) is 2. The summed E-state index contributed by atoms with van der Waals surface area (Å²) in [4.78, 5) is 40.3. The normalized spacial score (nSPS) is 21.0. The van der Waals surface area contributed by atoms with Crippen molar-refractivity contribution in [2.24, 2.45) is 11.8 Å². The number of nitrogens with zero attached hydrogens (tertiary/aromatic N) is 3. The highest BCUT2D eigenvalue weighted by molar-refractivity contribution is 5.89. The molecule has 7 nitrogen and oxygen atoms in total. The Hall–Kier alpha value is -2.88. The van der Waals surface area contributed by atoms with Crippen LogP contribution in [0, 0.1) is 23.2 Å². The molecule has 0 radical (unpaired) electrons. The van der Waals surface area contributed by atoms with E-state index >= 15 is 0 Å². The van der Waals surface area contributed by atoms with Gasteiger partial charge in [-0.15, -0.1) is 0 Å². The van der Waals surface area contributed by atoms with E-state index in [4.69, 9.17) is 5.26 Å². The number of hydrogen-bond acceptors (Lipinski definition) is 4. The van der Waals surface area contributed by atoms with Gasteiger partial charge in [0.25, 0.3) is 0 Å². The summed E-state index contributed by atoms with van der Waals surface area (Å²) in [7, 11) is 0. The summed E-state index contributed by atoms with van der Waals surface area (Å²) in [6.45, 7) is 4.27. The van der Waals surface area contributed by atoms with Gasteiger partial charge in [0.05, 0.1) is 18.0 Å². The molecule has 3 rings (SSSR count). The molecule has 1 N–H and O–H groups in total. The van der Waals surface area contributed by atoms with Crippen molar-refractivity contribution in [3.63, 3.8) is 0 Å². The van der Waals surface area contributed by atoms with Gasteiger partial charge in [0.2, 0.25) is 17.7 Å². The molecule has 2 saturated heterocycles. The Morgan fingerprint density at radius 3 is 2.59 bits per heavy atom. The second-order valence-electron chi connectivity index (χ2n) is 7.94. The van der Waals surface area contributed by atoms with Crippen molar-refractivity contribution in [1.82, 2.24) is 15.1 Å². The minimum Gasteiger partial charge on any atom is -0.356 e. The second-order valence-corrected chi connectivity index (χ2v) is 7.94. The highest BCUT2D eigenvalue weighted by Gasteiger charge is 2.37. The number of hydrogen-bond donors (Lipinski definition) is 1. The number of rotatable bonds is 6. The van der Waals surface area contributed by atoms with E-state index in [2.05, 4.69) is 5.32 Å². The molecule has 0 spiro atoms. The Morgan fingerprint density at radius 2 is 1.93 bits per heavy atom. The lowest BCUT2D eigenvalue weighted by Gasteiger charge is -2.31. The molecule has 1 aromatic rings. The van der Waals surface area contributed by atoms with Gasteiger partial charge in [-0.3, -0.25) is 14.4 Å². The third-order valence-corrected chi connectivity index (χ3v) is 6.04. The first-order valence-corrected chi connectivity index (χ1v) is 10.3. The quantitative estimate of drug-likeness (QED) is 0.794. The largest absolute Gasteiger partial charge is 0.356 e. The van der Waals surface area contributed by atoms with Crippen LogP contribution in [0.25, 0.3) is 0 Å². The average molecular weight is 396 g/mol. The summed E-state index contributed by atoms with van der Waals surface area (Å²) in [5.74, 6) is -0.158. The zero-order valence-corrected chi connectivity index (χ0v) is 16.8. The summed E-state index contributed by atoms with van der Waals surface area (Å²) in [6.07, 6.45) is 1.82. The Bertz CT molecular complexity index is 781. The minimum atomic E-state index is -0.314. The zero-order valence-electron chi connectivity index (χ0n) is 16.8. The summed E-state index contributed by atoms with van der Waals surface area (Å²) < 4.78 is 0. The van der Waals surface area contributed by atoms with Gasteiger partial charge in [-0.05, 0) is 31.2 Å². The third-order valence-electron chi connectivity index (χ3n) is 6.04. The molecule has 0 aromatic heterocycles. The molecule has 0 aliphatic carbocycles. The third kappa shape index (κ3) is 5.14. The van der Waals surface area contributed by atoms with Crippen molar-refractivity contribution >= 4 is 17.7 Å². The fraction of sp³-hybridized carbons (Fsp3) is 0.545. The summed E-state index contributed by atoms with van der Waals surface area (Å²) in [5, 5.41) is 11.6. The molecule has 2 fully saturated rings. The standard InChI is InChI=1S/C22H28N4O3/c1-16(18-5-3-2-4-6-18)26-15-19(13-21(26)28)22(29)24-14-17-8-11-25(12-9-17)20(27)7-10-23/h2-6,16-17,19H,7-9,11-15H2,1H3,(H,24,29). The van der Waals surface area contributed by atoms with E-state index in [9.17, 15) is 14.4 Å². The van der Waals surface area contributed by atoms with E-state index < -0.39 is 0 Å². The molecular weight excluding hydrogens is 368 g/mol. The highest BCUT2D eigenvalue weighted by atomic mass is 16.2. The maximum atomic E-state index is 12.6. The van der Waals surface area contributed by atoms with Crippen LogP contribution in [0.4, 0.5) is 0 Å². The van der Waals surface area contributed by atoms with Crippen LogP contribution in [0.15, 0.2) is 30.3 Å². The first-order valence-electron chi connectivity index (χ1n) is 10.3. The van der Waals surface area contributed by atoms with Crippen molar-refractivity contribution in [3.05, 3.63) is 35.9 Å². The fourth-order valence-corrected chi connectivity index (χ4v) is 4.15. The molecule has 29 heavy (non-hydrogen) atoms. The molecule has 2 heterocycles. The number of carbonyl (C=O) groups excluding carboxylic acids is 3. The van der Waals surface area contributed by atoms with E-state index in [1.807, 2.05) is 43.3 Å². The molecule has 7 heteroatoms. The van der Waals surface area contributed by atoms with Gasteiger partial charge in [0, 0.05) is 32.6 Å². The average Bonchev–Trinajstić information content (AvgIpc) is 3.14. The van der Waals surface area contributed by atoms with Crippen LogP contribution >= 0.6 is 0 Å². The van der Waals surface area contributed by atoms with E-state index in [1.54, 1.807) is 9.80 Å². The molecule has 2 atom stereocenters. The van der Waals surface area contributed by atoms with E-state index in [0.717, 1.165) is 18.4 Å². The van der Waals surface area contributed by atoms with Gasteiger partial charge < -0.3 is 15.1 Å². The topological polar surface area (TPSA) is 93.5 Å². The lowest BCUT2D eigenvalue weighted by atomic mass is 9.96. The Balaban J connectivity index is 1.44. The minimum absolute atomic E-state index is 0.0193. The van der Waals surface area contributed by atoms with Gasteiger partial charge in [-0.2, -0.15) is 5.26 Å². The van der Waals surface area contributed by atoms with Gasteiger partial charge in [-0.1, -0.05) is 30.3 Å². The van der Waals surface area contributed by atoms with Crippen LogP contribution in [0.1, 0.15) is 44.2 Å². The van der Waals surface area contributed by atoms with Crippen LogP contribution < -0.4 is 5.32 Å². The van der Waals surface area contributed by atoms with Crippen molar-refractivity contribution in [2.75, 3.05) is 26.2 Å². The smallest absolute Gasteiger partial charge is 0.236 e. The maximum Gasteiger partial charge on any atom is 0.236 e. The van der Waals surface area contributed by atoms with E-state index in [0.29, 0.717) is 32.1 Å². The number of amides is 3. The SMILES string of the molecule is CC(c1ccccc1)N1CC(C(=O)NCC2CCN(C(=O)CC#N)CC2)CC1=O. The van der Waals surface area contributed by atoms with Crippen molar-refractivity contribution in [1.29, 1.82) is 5.26 Å². The van der Waals surface area contributed by atoms with Crippen LogP contribution in [0.3, 0.4) is 0 Å². The van der Waals surface area contributed by atoms with Crippen LogP contribution in [0.2, 0.25) is 0 Å². The predicted molar refractivity (Wildman–Crippen MR) is 107 cm³/mol. The van der Waals surface area contributed by atoms with Crippen LogP contribution in [0.5, 0.6) is 0 Å². The lowest BCUT2D eigenvalue weighted by molar-refractivity contribution is -0.132. The molecule has 2 unspecified atom stereocenters. The first-order chi connectivity index (χ1) is 14.0. The van der Waals surface area contributed by atoms with Crippen LogP contribution in [-0.2, 0) is 14.4 Å². The molecule has 3 amide bonds. The fourth-order valence-electron chi connectivity index (χ4n) is 4.15. The van der Waals surface area contributed by atoms with Gasteiger partial charge in [0.15, 0.2) is 0 Å². The van der Waals surface area contributed by atoms with Crippen molar-refractivity contribution in [2.45, 2.75) is 38.6 Å². The maximum absolute atomic E-state index is 12.6. The predicted octanol–water partition coefficient (Wildman–Crippen LogP) is 1.86. The number of nitrogens with one attached hydrogen (secondary N) is 1. The van der Waals surface area contributed by atoms with E-state index in [-0.39, 0.29) is 42.5 Å². The molecule has 0 bridgehead atoms. The molecule has 0 saturated carbocycles. The second kappa shape index (κ2) is 9.55. The number of nitriles is 1. The van der Waals surface area contributed by atoms with Crippen molar-refractivity contribution in [3.8, 4) is 6.07 Å². The molecule has 2 aliphatic rings. The first kappa shape index (κ1) is 20.8. The molecule has 154 valence electrons. The van der Waals surface area contributed by atoms with Gasteiger partial charge in [0.1, 0.15) is 6.42 Å². The number of carbonyl (C=O) groups is 3. The number of benzene rings is 1. The Morgan fingerprint density at radius 1 is 1.24 bits per heavy atom. The summed E-state index contributed by atoms with van der Waals surface area (Å²) in [6, 6.07) is 11.7. The zero-order chi connectivity index (χ0) is 20.8. The molecule has 1 aromatic carbocycles. The van der Waals surface area contributed by atoms with Gasteiger partial charge >= 0.3 is 0 Å². The number of piperidine rings is 1.